The normalized spacial score (nSPS) is 13.9. The van der Waals surface area contributed by atoms with Gasteiger partial charge in [0.25, 0.3) is 5.56 Å². The van der Waals surface area contributed by atoms with E-state index in [0.29, 0.717) is 54.9 Å². The lowest BCUT2D eigenvalue weighted by atomic mass is 10.0. The van der Waals surface area contributed by atoms with Gasteiger partial charge in [-0.05, 0) is 54.6 Å². The molecule has 0 unspecified atom stereocenters. The van der Waals surface area contributed by atoms with Gasteiger partial charge in [-0.3, -0.25) is 9.59 Å². The van der Waals surface area contributed by atoms with Crippen molar-refractivity contribution in [2.75, 3.05) is 31.1 Å². The molecular formula is C24H22F2N4O2. The number of nitrogens with zero attached hydrogens (tertiary/aromatic N) is 3. The van der Waals surface area contributed by atoms with Gasteiger partial charge in [0.1, 0.15) is 17.7 Å². The first-order valence-electron chi connectivity index (χ1n) is 10.4. The van der Waals surface area contributed by atoms with Gasteiger partial charge in [-0.15, -0.1) is 0 Å². The second-order valence-electron chi connectivity index (χ2n) is 7.92. The van der Waals surface area contributed by atoms with Crippen LogP contribution in [0.3, 0.4) is 0 Å². The maximum atomic E-state index is 14.0. The first-order chi connectivity index (χ1) is 15.4. The van der Waals surface area contributed by atoms with Crippen LogP contribution in [0.2, 0.25) is 0 Å². The quantitative estimate of drug-likeness (QED) is 0.681. The molecule has 0 atom stereocenters. The molecule has 0 aliphatic carbocycles. The van der Waals surface area contributed by atoms with Crippen LogP contribution in [0.15, 0.2) is 41.2 Å². The Kier molecular flexibility index (Phi) is 5.91. The number of carbonyl (C=O) groups is 1. The van der Waals surface area contributed by atoms with Gasteiger partial charge < -0.3 is 14.8 Å². The average Bonchev–Trinajstić information content (AvgIpc) is 2.79. The predicted molar refractivity (Wildman–Crippen MR) is 117 cm³/mol. The second kappa shape index (κ2) is 8.79. The molecule has 2 heterocycles. The molecule has 1 aliphatic heterocycles. The van der Waals surface area contributed by atoms with Gasteiger partial charge in [-0.1, -0.05) is 6.07 Å². The number of pyridine rings is 1. The third-order valence-electron chi connectivity index (χ3n) is 5.89. The fraction of sp³-hybridized carbons (Fsp3) is 0.292. The molecule has 8 heteroatoms. The molecule has 1 N–H and O–H groups in total. The van der Waals surface area contributed by atoms with E-state index in [4.69, 9.17) is 0 Å². The minimum absolute atomic E-state index is 0.0327. The van der Waals surface area contributed by atoms with Gasteiger partial charge in [0.05, 0.1) is 16.6 Å². The summed E-state index contributed by atoms with van der Waals surface area (Å²) in [4.78, 5) is 31.3. The number of hydrogen-bond acceptors (Lipinski definition) is 4. The number of nitrogens with one attached hydrogen (secondary N) is 1. The highest BCUT2D eigenvalue weighted by atomic mass is 19.1. The minimum atomic E-state index is -0.565. The van der Waals surface area contributed by atoms with E-state index in [1.165, 1.54) is 24.3 Å². The van der Waals surface area contributed by atoms with E-state index < -0.39 is 17.2 Å². The van der Waals surface area contributed by atoms with Crippen LogP contribution in [0.5, 0.6) is 0 Å². The summed E-state index contributed by atoms with van der Waals surface area (Å²) in [5.41, 5.74) is 1.82. The topological polar surface area (TPSA) is 80.2 Å². The molecule has 6 nitrogen and oxygen atoms in total. The largest absolute Gasteiger partial charge is 0.367 e. The van der Waals surface area contributed by atoms with E-state index in [1.807, 2.05) is 11.8 Å². The van der Waals surface area contributed by atoms with Gasteiger partial charge in [0, 0.05) is 38.3 Å². The van der Waals surface area contributed by atoms with Gasteiger partial charge in [-0.2, -0.15) is 5.26 Å². The summed E-state index contributed by atoms with van der Waals surface area (Å²) in [6, 6.07) is 10.8. The Morgan fingerprint density at radius 2 is 1.88 bits per heavy atom. The number of amides is 1. The number of aromatic nitrogens is 1. The van der Waals surface area contributed by atoms with Crippen molar-refractivity contribution in [3.63, 3.8) is 0 Å². The molecule has 1 amide bonds. The molecule has 0 saturated carbocycles. The van der Waals surface area contributed by atoms with E-state index in [2.05, 4.69) is 11.1 Å². The van der Waals surface area contributed by atoms with Crippen LogP contribution in [0.1, 0.15) is 23.2 Å². The minimum Gasteiger partial charge on any atom is -0.367 e. The van der Waals surface area contributed by atoms with Crippen LogP contribution in [0.4, 0.5) is 14.5 Å². The van der Waals surface area contributed by atoms with E-state index in [9.17, 15) is 23.6 Å². The van der Waals surface area contributed by atoms with E-state index in [-0.39, 0.29) is 17.7 Å². The standard InChI is InChI=1S/C24H22F2N4O2/c1-15-2-6-20(26)23-19(15)13-18(28-24(23)32)5-7-22(31)30-10-8-29(9-11-30)21-12-17(25)4-3-16(21)14-27/h2-4,6,12-13H,5,7-11H2,1H3,(H,28,32). The van der Waals surface area contributed by atoms with Crippen molar-refractivity contribution in [3.05, 3.63) is 75.2 Å². The number of carbonyl (C=O) groups excluding carboxylic acids is 1. The lowest BCUT2D eigenvalue weighted by Gasteiger charge is -2.36. The smallest absolute Gasteiger partial charge is 0.259 e. The fourth-order valence-electron chi connectivity index (χ4n) is 4.12. The summed E-state index contributed by atoms with van der Waals surface area (Å²) in [5, 5.41) is 9.85. The Labute approximate surface area is 183 Å². The Bertz CT molecular complexity index is 1290. The Balaban J connectivity index is 1.40. The van der Waals surface area contributed by atoms with Crippen molar-refractivity contribution in [2.45, 2.75) is 19.8 Å². The first kappa shape index (κ1) is 21.5. The average molecular weight is 436 g/mol. The molecule has 0 radical (unpaired) electrons. The number of fused-ring (bicyclic) bond motifs is 1. The van der Waals surface area contributed by atoms with E-state index in [0.717, 1.165) is 5.56 Å². The highest BCUT2D eigenvalue weighted by Crippen LogP contribution is 2.23. The fourth-order valence-corrected chi connectivity index (χ4v) is 4.12. The van der Waals surface area contributed by atoms with Gasteiger partial charge in [0.2, 0.25) is 5.91 Å². The molecule has 4 rings (SSSR count). The van der Waals surface area contributed by atoms with Crippen LogP contribution >= 0.6 is 0 Å². The first-order valence-corrected chi connectivity index (χ1v) is 10.4. The van der Waals surface area contributed by atoms with Crippen LogP contribution in [-0.4, -0.2) is 42.0 Å². The van der Waals surface area contributed by atoms with Crippen LogP contribution in [-0.2, 0) is 11.2 Å². The van der Waals surface area contributed by atoms with Crippen molar-refractivity contribution in [3.8, 4) is 6.07 Å². The molecule has 164 valence electrons. The summed E-state index contributed by atoms with van der Waals surface area (Å²) >= 11 is 0. The zero-order valence-electron chi connectivity index (χ0n) is 17.6. The molecule has 2 aromatic carbocycles. The maximum absolute atomic E-state index is 14.0. The van der Waals surface area contributed by atoms with Crippen molar-refractivity contribution in [1.29, 1.82) is 5.26 Å². The third kappa shape index (κ3) is 4.19. The number of halogens is 2. The molecule has 1 aliphatic rings. The highest BCUT2D eigenvalue weighted by molar-refractivity contribution is 5.85. The van der Waals surface area contributed by atoms with E-state index >= 15 is 0 Å². The van der Waals surface area contributed by atoms with Crippen molar-refractivity contribution < 1.29 is 13.6 Å². The zero-order chi connectivity index (χ0) is 22.8. The number of piperazine rings is 1. The molecule has 0 bridgehead atoms. The number of hydrogen-bond donors (Lipinski definition) is 1. The molecule has 1 aromatic heterocycles. The number of anilines is 1. The highest BCUT2D eigenvalue weighted by Gasteiger charge is 2.23. The number of aryl methyl sites for hydroxylation is 2. The van der Waals surface area contributed by atoms with Crippen LogP contribution in [0, 0.1) is 29.9 Å². The maximum Gasteiger partial charge on any atom is 0.259 e. The van der Waals surface area contributed by atoms with E-state index in [1.54, 1.807) is 17.0 Å². The third-order valence-corrected chi connectivity index (χ3v) is 5.89. The Morgan fingerprint density at radius 3 is 2.59 bits per heavy atom. The summed E-state index contributed by atoms with van der Waals surface area (Å²) in [6.07, 6.45) is 0.544. The summed E-state index contributed by atoms with van der Waals surface area (Å²) in [5.74, 6) is -1.02. The predicted octanol–water partition coefficient (Wildman–Crippen LogP) is 3.27. The van der Waals surface area contributed by atoms with Gasteiger partial charge in [0.15, 0.2) is 0 Å². The zero-order valence-corrected chi connectivity index (χ0v) is 17.6. The van der Waals surface area contributed by atoms with Gasteiger partial charge >= 0.3 is 0 Å². The number of benzene rings is 2. The molecule has 1 saturated heterocycles. The van der Waals surface area contributed by atoms with Crippen LogP contribution < -0.4 is 10.5 Å². The van der Waals surface area contributed by atoms with Crippen molar-refractivity contribution in [1.82, 2.24) is 9.88 Å². The van der Waals surface area contributed by atoms with Crippen molar-refractivity contribution >= 4 is 22.4 Å². The lowest BCUT2D eigenvalue weighted by molar-refractivity contribution is -0.131. The molecular weight excluding hydrogens is 414 g/mol. The summed E-state index contributed by atoms with van der Waals surface area (Å²) in [7, 11) is 0. The van der Waals surface area contributed by atoms with Gasteiger partial charge in [-0.25, -0.2) is 8.78 Å². The van der Waals surface area contributed by atoms with Crippen LogP contribution in [0.25, 0.3) is 10.8 Å². The molecule has 0 spiro atoms. The number of nitriles is 1. The number of H-pyrrole nitrogens is 1. The Hall–Kier alpha value is -3.73. The molecule has 32 heavy (non-hydrogen) atoms. The summed E-state index contributed by atoms with van der Waals surface area (Å²) in [6.45, 7) is 3.72. The SMILES string of the molecule is Cc1ccc(F)c2c(=O)[nH]c(CCC(=O)N3CCN(c4cc(F)ccc4C#N)CC3)cc12. The molecule has 3 aromatic rings. The lowest BCUT2D eigenvalue weighted by Crippen LogP contribution is -2.49. The van der Waals surface area contributed by atoms with Crippen molar-refractivity contribution in [2.24, 2.45) is 0 Å². The molecule has 1 fully saturated rings. The number of aromatic amines is 1. The monoisotopic (exact) mass is 436 g/mol. The Morgan fingerprint density at radius 1 is 1.12 bits per heavy atom. The second-order valence-corrected chi connectivity index (χ2v) is 7.92. The number of rotatable bonds is 4. The summed E-state index contributed by atoms with van der Waals surface area (Å²) < 4.78 is 27.6.